The lowest BCUT2D eigenvalue weighted by Gasteiger charge is -2.03. The van der Waals surface area contributed by atoms with Crippen molar-refractivity contribution in [2.75, 3.05) is 0 Å². The van der Waals surface area contributed by atoms with Crippen LogP contribution in [0.4, 0.5) is 0 Å². The Morgan fingerprint density at radius 2 is 1.92 bits per heavy atom. The highest BCUT2D eigenvalue weighted by atomic mass is 16.2. The molecule has 1 aliphatic heterocycles. The van der Waals surface area contributed by atoms with E-state index in [1.807, 2.05) is 0 Å². The van der Waals surface area contributed by atoms with E-state index in [0.29, 0.717) is 0 Å². The molecular weight excluding hydrogens is 147 g/mol. The number of hydrogen-bond donors (Lipinski definition) is 1. The average Bonchev–Trinajstić information content (AvgIpc) is 2.25. The quantitative estimate of drug-likeness (QED) is 0.572. The van der Waals surface area contributed by atoms with Crippen LogP contribution in [0, 0.1) is 0 Å². The van der Waals surface area contributed by atoms with Crippen molar-refractivity contribution in [2.45, 2.75) is 25.5 Å². The molecule has 1 N–H and O–H groups in total. The summed E-state index contributed by atoms with van der Waals surface area (Å²) in [5, 5.41) is 9.54. The molecule has 0 atom stereocenters. The lowest BCUT2D eigenvalue weighted by Crippen LogP contribution is -2.14. The van der Waals surface area contributed by atoms with Gasteiger partial charge < -0.3 is 5.02 Å². The van der Waals surface area contributed by atoms with Crippen LogP contribution in [0.3, 0.4) is 0 Å². The summed E-state index contributed by atoms with van der Waals surface area (Å²) in [6, 6.07) is 8.44. The first kappa shape index (κ1) is 7.87. The van der Waals surface area contributed by atoms with Gasteiger partial charge in [0.05, 0.1) is 0 Å². The minimum atomic E-state index is -0.117. The first-order chi connectivity index (χ1) is 5.86. The summed E-state index contributed by atoms with van der Waals surface area (Å²) in [5.41, 5.74) is 2.76. The molecule has 12 heavy (non-hydrogen) atoms. The predicted molar refractivity (Wildman–Crippen MR) is 51.2 cm³/mol. The molecule has 0 saturated carbocycles. The summed E-state index contributed by atoms with van der Waals surface area (Å²) in [5.74, 6) is 0. The summed E-state index contributed by atoms with van der Waals surface area (Å²) >= 11 is 0. The fourth-order valence-electron chi connectivity index (χ4n) is 1.88. The highest BCUT2D eigenvalue weighted by Crippen LogP contribution is 2.19. The topological polar surface area (TPSA) is 20.2 Å². The van der Waals surface area contributed by atoms with Crippen molar-refractivity contribution in [2.24, 2.45) is 0 Å². The number of hydrogen-bond acceptors (Lipinski definition) is 1. The summed E-state index contributed by atoms with van der Waals surface area (Å²) in [6.45, 7) is -0.117. The van der Waals surface area contributed by atoms with Crippen molar-refractivity contribution in [3.63, 3.8) is 0 Å². The van der Waals surface area contributed by atoms with Crippen LogP contribution in [0.25, 0.3) is 0 Å². The van der Waals surface area contributed by atoms with E-state index in [1.165, 1.54) is 11.1 Å². The minimum Gasteiger partial charge on any atom is -0.450 e. The first-order valence-electron chi connectivity index (χ1n) is 4.61. The Morgan fingerprint density at radius 3 is 2.75 bits per heavy atom. The van der Waals surface area contributed by atoms with Crippen molar-refractivity contribution < 1.29 is 5.02 Å². The SMILES string of the molecule is OB1CCCc2ccccc2C1. The smallest absolute Gasteiger partial charge is 0.293 e. The number of fused-ring (bicyclic) bond motifs is 1. The third-order valence-electron chi connectivity index (χ3n) is 2.56. The molecule has 0 spiro atoms. The standard InChI is InChI=1S/C10H13BO/c12-11-7-3-6-9-4-1-2-5-10(9)8-11/h1-2,4-5,12H,3,6-8H2. The molecule has 1 heterocycles. The van der Waals surface area contributed by atoms with Gasteiger partial charge in [0.15, 0.2) is 0 Å². The third kappa shape index (κ3) is 1.53. The lowest BCUT2D eigenvalue weighted by atomic mass is 9.60. The van der Waals surface area contributed by atoms with Gasteiger partial charge in [-0.1, -0.05) is 30.7 Å². The Morgan fingerprint density at radius 1 is 1.17 bits per heavy atom. The lowest BCUT2D eigenvalue weighted by molar-refractivity contribution is 0.564. The molecule has 1 aromatic carbocycles. The van der Waals surface area contributed by atoms with E-state index in [-0.39, 0.29) is 6.92 Å². The van der Waals surface area contributed by atoms with Gasteiger partial charge in [-0.15, -0.1) is 0 Å². The summed E-state index contributed by atoms with van der Waals surface area (Å²) < 4.78 is 0. The Labute approximate surface area is 73.5 Å². The molecule has 0 amide bonds. The highest BCUT2D eigenvalue weighted by molar-refractivity contribution is 6.49. The fourth-order valence-corrected chi connectivity index (χ4v) is 1.88. The number of benzene rings is 1. The van der Waals surface area contributed by atoms with Crippen molar-refractivity contribution in [3.05, 3.63) is 35.4 Å². The minimum absolute atomic E-state index is 0.117. The second-order valence-corrected chi connectivity index (χ2v) is 3.52. The second kappa shape index (κ2) is 3.32. The molecule has 2 heteroatoms. The average molecular weight is 160 g/mol. The van der Waals surface area contributed by atoms with Crippen molar-refractivity contribution >= 4 is 6.92 Å². The van der Waals surface area contributed by atoms with Gasteiger partial charge in [0.25, 0.3) is 6.92 Å². The molecule has 0 radical (unpaired) electrons. The van der Waals surface area contributed by atoms with Gasteiger partial charge in [0, 0.05) is 0 Å². The molecule has 0 unspecified atom stereocenters. The molecule has 1 aliphatic rings. The van der Waals surface area contributed by atoms with E-state index >= 15 is 0 Å². The van der Waals surface area contributed by atoms with Crippen LogP contribution in [-0.4, -0.2) is 11.9 Å². The molecular formula is C10H13BO. The zero-order valence-electron chi connectivity index (χ0n) is 7.16. The third-order valence-corrected chi connectivity index (χ3v) is 2.56. The van der Waals surface area contributed by atoms with E-state index in [2.05, 4.69) is 24.3 Å². The van der Waals surface area contributed by atoms with E-state index in [1.54, 1.807) is 0 Å². The highest BCUT2D eigenvalue weighted by Gasteiger charge is 2.17. The number of rotatable bonds is 0. The molecule has 0 bridgehead atoms. The Bertz CT molecular complexity index is 272. The van der Waals surface area contributed by atoms with Crippen LogP contribution in [-0.2, 0) is 12.7 Å². The van der Waals surface area contributed by atoms with Gasteiger partial charge >= 0.3 is 0 Å². The van der Waals surface area contributed by atoms with Crippen LogP contribution in [0.5, 0.6) is 0 Å². The largest absolute Gasteiger partial charge is 0.450 e. The van der Waals surface area contributed by atoms with Gasteiger partial charge in [0.1, 0.15) is 0 Å². The van der Waals surface area contributed by atoms with Gasteiger partial charge in [-0.05, 0) is 30.2 Å². The maximum atomic E-state index is 9.54. The van der Waals surface area contributed by atoms with Crippen molar-refractivity contribution in [3.8, 4) is 0 Å². The molecule has 1 aromatic rings. The van der Waals surface area contributed by atoms with Gasteiger partial charge in [0.2, 0.25) is 0 Å². The molecule has 0 aromatic heterocycles. The van der Waals surface area contributed by atoms with Gasteiger partial charge in [-0.3, -0.25) is 0 Å². The van der Waals surface area contributed by atoms with E-state index < -0.39 is 0 Å². The van der Waals surface area contributed by atoms with Crippen LogP contribution >= 0.6 is 0 Å². The predicted octanol–water partition coefficient (Wildman–Crippen LogP) is 1.70. The zero-order chi connectivity index (χ0) is 8.39. The van der Waals surface area contributed by atoms with Crippen molar-refractivity contribution in [1.29, 1.82) is 0 Å². The van der Waals surface area contributed by atoms with Crippen LogP contribution in [0.15, 0.2) is 24.3 Å². The normalized spacial score (nSPS) is 16.9. The molecule has 62 valence electrons. The summed E-state index contributed by atoms with van der Waals surface area (Å²) in [4.78, 5) is 0. The summed E-state index contributed by atoms with van der Waals surface area (Å²) in [7, 11) is 0. The second-order valence-electron chi connectivity index (χ2n) is 3.52. The fraction of sp³-hybridized carbons (Fsp3) is 0.400. The molecule has 0 saturated heterocycles. The monoisotopic (exact) mass is 160 g/mol. The van der Waals surface area contributed by atoms with E-state index in [9.17, 15) is 5.02 Å². The van der Waals surface area contributed by atoms with E-state index in [4.69, 9.17) is 0 Å². The zero-order valence-corrected chi connectivity index (χ0v) is 7.16. The van der Waals surface area contributed by atoms with Crippen molar-refractivity contribution in [1.82, 2.24) is 0 Å². The Hall–Kier alpha value is -0.755. The van der Waals surface area contributed by atoms with Crippen LogP contribution in [0.2, 0.25) is 6.32 Å². The molecule has 0 fully saturated rings. The van der Waals surface area contributed by atoms with Gasteiger partial charge in [-0.2, -0.15) is 0 Å². The van der Waals surface area contributed by atoms with E-state index in [0.717, 1.165) is 25.5 Å². The maximum absolute atomic E-state index is 9.54. The number of aryl methyl sites for hydroxylation is 1. The maximum Gasteiger partial charge on any atom is 0.293 e. The van der Waals surface area contributed by atoms with Gasteiger partial charge in [-0.25, -0.2) is 0 Å². The van der Waals surface area contributed by atoms with Crippen LogP contribution in [0.1, 0.15) is 17.5 Å². The van der Waals surface area contributed by atoms with Crippen LogP contribution < -0.4 is 0 Å². The Kier molecular flexibility index (Phi) is 2.18. The summed E-state index contributed by atoms with van der Waals surface area (Å²) in [6.07, 6.45) is 4.05. The molecule has 2 rings (SSSR count). The molecule has 1 nitrogen and oxygen atoms in total. The molecule has 0 aliphatic carbocycles. The first-order valence-corrected chi connectivity index (χ1v) is 4.61. The Balaban J connectivity index is 2.31.